The molecule has 21 heavy (non-hydrogen) atoms. The summed E-state index contributed by atoms with van der Waals surface area (Å²) >= 11 is 3.38. The molecule has 3 heterocycles. The molecule has 0 saturated carbocycles. The quantitative estimate of drug-likeness (QED) is 0.836. The molecule has 0 spiro atoms. The van der Waals surface area contributed by atoms with Gasteiger partial charge < -0.3 is 0 Å². The molecule has 5 heteroatoms. The van der Waals surface area contributed by atoms with Gasteiger partial charge in [0.1, 0.15) is 5.65 Å². The van der Waals surface area contributed by atoms with Gasteiger partial charge in [-0.15, -0.1) is 0 Å². The van der Waals surface area contributed by atoms with E-state index in [1.165, 1.54) is 6.42 Å². The van der Waals surface area contributed by atoms with Crippen molar-refractivity contribution in [2.24, 2.45) is 11.8 Å². The summed E-state index contributed by atoms with van der Waals surface area (Å²) in [7, 11) is 0. The molecule has 1 aliphatic rings. The first kappa shape index (κ1) is 14.7. The summed E-state index contributed by atoms with van der Waals surface area (Å²) in [5, 5.41) is 0. The summed E-state index contributed by atoms with van der Waals surface area (Å²) in [6.45, 7) is 7.53. The molecular weight excluding hydrogens is 330 g/mol. The third-order valence-corrected chi connectivity index (χ3v) is 4.48. The molecule has 0 amide bonds. The van der Waals surface area contributed by atoms with Crippen LogP contribution in [0.25, 0.3) is 5.65 Å². The Balaban J connectivity index is 1.87. The van der Waals surface area contributed by atoms with Crippen molar-refractivity contribution in [1.29, 1.82) is 0 Å². The number of likely N-dealkylation sites (tertiary alicyclic amines) is 1. The maximum Gasteiger partial charge on any atom is 0.258 e. The van der Waals surface area contributed by atoms with E-state index in [9.17, 15) is 4.79 Å². The lowest BCUT2D eigenvalue weighted by atomic mass is 9.92. The summed E-state index contributed by atoms with van der Waals surface area (Å²) in [5.74, 6) is 1.43. The van der Waals surface area contributed by atoms with E-state index in [-0.39, 0.29) is 5.56 Å². The Hall–Kier alpha value is -1.20. The van der Waals surface area contributed by atoms with Gasteiger partial charge in [-0.3, -0.25) is 14.1 Å². The number of fused-ring (bicyclic) bond motifs is 1. The van der Waals surface area contributed by atoms with Gasteiger partial charge in [0.2, 0.25) is 0 Å². The third-order valence-electron chi connectivity index (χ3n) is 4.01. The molecule has 3 rings (SSSR count). The van der Waals surface area contributed by atoms with Crippen LogP contribution in [0.15, 0.2) is 33.7 Å². The first-order valence-electron chi connectivity index (χ1n) is 7.41. The highest BCUT2D eigenvalue weighted by Crippen LogP contribution is 2.22. The number of rotatable bonds is 2. The Kier molecular flexibility index (Phi) is 4.13. The smallest absolute Gasteiger partial charge is 0.258 e. The van der Waals surface area contributed by atoms with Gasteiger partial charge >= 0.3 is 0 Å². The van der Waals surface area contributed by atoms with Crippen LogP contribution in [0, 0.1) is 11.8 Å². The highest BCUT2D eigenvalue weighted by Gasteiger charge is 2.22. The number of pyridine rings is 1. The molecule has 112 valence electrons. The van der Waals surface area contributed by atoms with E-state index in [1.54, 1.807) is 16.7 Å². The number of aromatic nitrogens is 2. The fraction of sp³-hybridized carbons (Fsp3) is 0.500. The number of piperidine rings is 1. The average molecular weight is 350 g/mol. The van der Waals surface area contributed by atoms with Crippen LogP contribution in [0.2, 0.25) is 0 Å². The monoisotopic (exact) mass is 349 g/mol. The van der Waals surface area contributed by atoms with Crippen LogP contribution in [0.4, 0.5) is 0 Å². The Morgan fingerprint density at radius 2 is 2.00 bits per heavy atom. The lowest BCUT2D eigenvalue weighted by Crippen LogP contribution is -2.38. The second-order valence-corrected chi connectivity index (χ2v) is 7.22. The Morgan fingerprint density at radius 1 is 1.29 bits per heavy atom. The molecule has 1 saturated heterocycles. The van der Waals surface area contributed by atoms with E-state index in [1.807, 2.05) is 12.1 Å². The van der Waals surface area contributed by atoms with E-state index in [0.29, 0.717) is 17.5 Å². The van der Waals surface area contributed by atoms with Gasteiger partial charge in [-0.1, -0.05) is 13.8 Å². The SMILES string of the molecule is C[C@@H]1C[C@@H](C)CN(Cc2cc(=O)n3cc(Br)ccc3n2)C1. The maximum atomic E-state index is 12.2. The lowest BCUT2D eigenvalue weighted by Gasteiger charge is -2.34. The Morgan fingerprint density at radius 3 is 2.71 bits per heavy atom. The molecule has 4 nitrogen and oxygen atoms in total. The molecule has 2 aromatic rings. The molecule has 0 N–H and O–H groups in total. The fourth-order valence-electron chi connectivity index (χ4n) is 3.36. The highest BCUT2D eigenvalue weighted by molar-refractivity contribution is 9.10. The Labute approximate surface area is 132 Å². The molecule has 0 aliphatic carbocycles. The van der Waals surface area contributed by atoms with Crippen LogP contribution >= 0.6 is 15.9 Å². The molecule has 0 unspecified atom stereocenters. The number of nitrogens with zero attached hydrogens (tertiary/aromatic N) is 3. The zero-order valence-electron chi connectivity index (χ0n) is 12.4. The van der Waals surface area contributed by atoms with Crippen molar-refractivity contribution >= 4 is 21.6 Å². The minimum Gasteiger partial charge on any atom is -0.297 e. The predicted molar refractivity (Wildman–Crippen MR) is 87.4 cm³/mol. The van der Waals surface area contributed by atoms with Crippen molar-refractivity contribution in [2.75, 3.05) is 13.1 Å². The molecule has 0 aromatic carbocycles. The molecular formula is C16H20BrN3O. The van der Waals surface area contributed by atoms with Crippen molar-refractivity contribution < 1.29 is 0 Å². The second-order valence-electron chi connectivity index (χ2n) is 6.30. The summed E-state index contributed by atoms with van der Waals surface area (Å²) < 4.78 is 2.46. The fourth-order valence-corrected chi connectivity index (χ4v) is 3.69. The lowest BCUT2D eigenvalue weighted by molar-refractivity contribution is 0.133. The molecule has 1 aliphatic heterocycles. The van der Waals surface area contributed by atoms with Crippen LogP contribution in [0.5, 0.6) is 0 Å². The first-order chi connectivity index (χ1) is 10.0. The minimum absolute atomic E-state index is 0.0191. The van der Waals surface area contributed by atoms with Gasteiger partial charge in [-0.2, -0.15) is 0 Å². The van der Waals surface area contributed by atoms with Gasteiger partial charge in [0, 0.05) is 36.4 Å². The van der Waals surface area contributed by atoms with E-state index in [2.05, 4.69) is 39.7 Å². The van der Waals surface area contributed by atoms with Gasteiger partial charge in [0.25, 0.3) is 5.56 Å². The van der Waals surface area contributed by atoms with Gasteiger partial charge in [-0.05, 0) is 46.3 Å². The summed E-state index contributed by atoms with van der Waals surface area (Å²) in [6.07, 6.45) is 3.05. The van der Waals surface area contributed by atoms with Gasteiger partial charge in [-0.25, -0.2) is 4.98 Å². The average Bonchev–Trinajstić information content (AvgIpc) is 2.38. The first-order valence-corrected chi connectivity index (χ1v) is 8.21. The van der Waals surface area contributed by atoms with Crippen molar-refractivity contribution in [3.63, 3.8) is 0 Å². The number of hydrogen-bond acceptors (Lipinski definition) is 3. The molecule has 2 atom stereocenters. The van der Waals surface area contributed by atoms with Crippen LogP contribution in [-0.4, -0.2) is 27.4 Å². The standard InChI is InChI=1S/C16H20BrN3O/c1-11-5-12(2)8-19(7-11)10-14-6-16(21)20-9-13(17)3-4-15(20)18-14/h3-4,6,9,11-12H,5,7-8,10H2,1-2H3/t11-,12-/m1/s1. The van der Waals surface area contributed by atoms with E-state index in [0.717, 1.165) is 29.8 Å². The largest absolute Gasteiger partial charge is 0.297 e. The van der Waals surface area contributed by atoms with E-state index < -0.39 is 0 Å². The molecule has 2 aromatic heterocycles. The molecule has 0 radical (unpaired) electrons. The van der Waals surface area contributed by atoms with Crippen molar-refractivity contribution in [3.05, 3.63) is 44.9 Å². The normalized spacial score (nSPS) is 23.6. The van der Waals surface area contributed by atoms with Crippen LogP contribution in [-0.2, 0) is 6.54 Å². The van der Waals surface area contributed by atoms with E-state index >= 15 is 0 Å². The second kappa shape index (κ2) is 5.89. The zero-order valence-corrected chi connectivity index (χ0v) is 14.0. The minimum atomic E-state index is -0.0191. The van der Waals surface area contributed by atoms with Gasteiger partial charge in [0.15, 0.2) is 0 Å². The summed E-state index contributed by atoms with van der Waals surface area (Å²) in [4.78, 5) is 19.2. The molecule has 1 fully saturated rings. The van der Waals surface area contributed by atoms with Crippen molar-refractivity contribution in [1.82, 2.24) is 14.3 Å². The predicted octanol–water partition coefficient (Wildman–Crippen LogP) is 2.93. The molecule has 0 bridgehead atoms. The number of halogens is 1. The zero-order chi connectivity index (χ0) is 15.0. The maximum absolute atomic E-state index is 12.2. The van der Waals surface area contributed by atoms with Crippen LogP contribution < -0.4 is 5.56 Å². The highest BCUT2D eigenvalue weighted by atomic mass is 79.9. The van der Waals surface area contributed by atoms with E-state index in [4.69, 9.17) is 0 Å². The van der Waals surface area contributed by atoms with Gasteiger partial charge in [0.05, 0.1) is 5.69 Å². The third kappa shape index (κ3) is 3.35. The Bertz CT molecular complexity index is 702. The van der Waals surface area contributed by atoms with Crippen LogP contribution in [0.3, 0.4) is 0 Å². The number of hydrogen-bond donors (Lipinski definition) is 0. The topological polar surface area (TPSA) is 37.6 Å². The summed E-state index contributed by atoms with van der Waals surface area (Å²) in [6, 6.07) is 5.44. The van der Waals surface area contributed by atoms with Crippen molar-refractivity contribution in [3.8, 4) is 0 Å². The summed E-state index contributed by atoms with van der Waals surface area (Å²) in [5.41, 5.74) is 1.55. The van der Waals surface area contributed by atoms with Crippen LogP contribution in [0.1, 0.15) is 26.0 Å². The van der Waals surface area contributed by atoms with Crippen molar-refractivity contribution in [2.45, 2.75) is 26.8 Å².